The molecule has 6 nitrogen and oxygen atoms in total. The zero-order chi connectivity index (χ0) is 20.3. The molecule has 1 fully saturated rings. The fraction of sp³-hybridized carbons (Fsp3) is 0.211. The van der Waals surface area contributed by atoms with Crippen LogP contribution in [0.4, 0.5) is 4.79 Å². The number of thioether (sulfide) groups is 1. The Bertz CT molecular complexity index is 938. The van der Waals surface area contributed by atoms with Crippen LogP contribution in [-0.2, 0) is 22.6 Å². The molecule has 9 heteroatoms. The smallest absolute Gasteiger partial charge is 0.341 e. The molecule has 0 radical (unpaired) electrons. The number of carboxylic acids is 1. The first-order valence-corrected chi connectivity index (χ1v) is 10.3. The number of carboxylic acid groups (broad SMARTS) is 1. The molecule has 2 aromatic rings. The average molecular weight is 485 g/mol. The molecule has 0 bridgehead atoms. The third kappa shape index (κ3) is 5.06. The molecule has 3 rings (SSSR count). The number of amides is 2. The zero-order valence-electron chi connectivity index (χ0n) is 14.4. The van der Waals surface area contributed by atoms with Gasteiger partial charge in [0.15, 0.2) is 6.61 Å². The van der Waals surface area contributed by atoms with E-state index in [1.54, 1.807) is 42.5 Å². The van der Waals surface area contributed by atoms with E-state index in [1.807, 2.05) is 0 Å². The van der Waals surface area contributed by atoms with Gasteiger partial charge in [0, 0.05) is 9.50 Å². The van der Waals surface area contributed by atoms with Crippen molar-refractivity contribution in [3.63, 3.8) is 0 Å². The van der Waals surface area contributed by atoms with Crippen molar-refractivity contribution >= 4 is 56.4 Å². The van der Waals surface area contributed by atoms with Crippen LogP contribution in [0.15, 0.2) is 46.9 Å². The van der Waals surface area contributed by atoms with E-state index in [2.05, 4.69) is 15.9 Å². The molecular formula is C19H15BrClNO5S. The Morgan fingerprint density at radius 2 is 2.04 bits per heavy atom. The van der Waals surface area contributed by atoms with E-state index >= 15 is 0 Å². The lowest BCUT2D eigenvalue weighted by Crippen LogP contribution is -2.31. The summed E-state index contributed by atoms with van der Waals surface area (Å²) in [6.45, 7) is -0.331. The van der Waals surface area contributed by atoms with Gasteiger partial charge in [-0.05, 0) is 47.9 Å². The van der Waals surface area contributed by atoms with E-state index in [0.29, 0.717) is 16.3 Å². The number of imide groups is 1. The predicted octanol–water partition coefficient (Wildman–Crippen LogP) is 4.37. The van der Waals surface area contributed by atoms with Crippen molar-refractivity contribution in [3.8, 4) is 5.75 Å². The maximum Gasteiger partial charge on any atom is 0.341 e. The van der Waals surface area contributed by atoms with E-state index < -0.39 is 17.8 Å². The highest BCUT2D eigenvalue weighted by atomic mass is 79.9. The number of nitrogens with zero attached hydrogens (tertiary/aromatic N) is 1. The van der Waals surface area contributed by atoms with Crippen LogP contribution in [0.3, 0.4) is 0 Å². The van der Waals surface area contributed by atoms with E-state index in [0.717, 1.165) is 21.8 Å². The lowest BCUT2D eigenvalue weighted by Gasteiger charge is -2.15. The Balaban J connectivity index is 1.75. The van der Waals surface area contributed by atoms with Crippen LogP contribution in [0.1, 0.15) is 11.1 Å². The van der Waals surface area contributed by atoms with E-state index in [1.165, 1.54) is 4.90 Å². The second kappa shape index (κ2) is 8.98. The van der Waals surface area contributed by atoms with Crippen LogP contribution < -0.4 is 4.74 Å². The van der Waals surface area contributed by atoms with E-state index in [9.17, 15) is 14.4 Å². The standard InChI is InChI=1S/C19H15BrClNO5S/c20-13-4-5-15(27-10-17(23)24)12(7-13)8-16-18(25)22(19(26)28-16)9-11-2-1-3-14(21)6-11/h1-7,16H,8-10H2,(H,23,24). The number of carbonyl (C=O) groups excluding carboxylic acids is 2. The largest absolute Gasteiger partial charge is 0.482 e. The summed E-state index contributed by atoms with van der Waals surface area (Å²) in [6.07, 6.45) is 0.246. The molecule has 1 N–H and O–H groups in total. The summed E-state index contributed by atoms with van der Waals surface area (Å²) in [6, 6.07) is 12.1. The number of aliphatic carboxylic acids is 1. The Morgan fingerprint density at radius 1 is 1.25 bits per heavy atom. The maximum atomic E-state index is 12.8. The summed E-state index contributed by atoms with van der Waals surface area (Å²) in [7, 11) is 0. The Hall–Kier alpha value is -2.03. The predicted molar refractivity (Wildman–Crippen MR) is 110 cm³/mol. The number of hydrogen-bond acceptors (Lipinski definition) is 5. The third-order valence-electron chi connectivity index (χ3n) is 4.01. The summed E-state index contributed by atoms with van der Waals surface area (Å²) in [5.41, 5.74) is 1.42. The molecule has 1 heterocycles. The van der Waals surface area contributed by atoms with Crippen molar-refractivity contribution in [1.82, 2.24) is 4.90 Å². The van der Waals surface area contributed by atoms with Crippen LogP contribution in [0.25, 0.3) is 0 Å². The fourth-order valence-electron chi connectivity index (χ4n) is 2.78. The quantitative estimate of drug-likeness (QED) is 0.628. The lowest BCUT2D eigenvalue weighted by atomic mass is 10.1. The average Bonchev–Trinajstić information content (AvgIpc) is 2.88. The number of ether oxygens (including phenoxy) is 1. The topological polar surface area (TPSA) is 83.9 Å². The van der Waals surface area contributed by atoms with Gasteiger partial charge >= 0.3 is 5.97 Å². The molecule has 0 saturated carbocycles. The molecule has 0 aliphatic carbocycles. The van der Waals surface area contributed by atoms with Crippen LogP contribution in [0.5, 0.6) is 5.75 Å². The van der Waals surface area contributed by atoms with Crippen molar-refractivity contribution in [2.45, 2.75) is 18.2 Å². The molecule has 146 valence electrons. The van der Waals surface area contributed by atoms with Crippen LogP contribution >= 0.6 is 39.3 Å². The fourth-order valence-corrected chi connectivity index (χ4v) is 4.41. The number of halogens is 2. The molecule has 2 amide bonds. The van der Waals surface area contributed by atoms with Crippen molar-refractivity contribution in [2.24, 2.45) is 0 Å². The van der Waals surface area contributed by atoms with Gasteiger partial charge in [0.25, 0.3) is 5.24 Å². The van der Waals surface area contributed by atoms with Crippen molar-refractivity contribution in [3.05, 3.63) is 63.1 Å². The number of hydrogen-bond donors (Lipinski definition) is 1. The molecule has 0 aromatic heterocycles. The molecule has 1 atom stereocenters. The van der Waals surface area contributed by atoms with Crippen LogP contribution in [0, 0.1) is 0 Å². The molecular weight excluding hydrogens is 470 g/mol. The highest BCUT2D eigenvalue weighted by Crippen LogP contribution is 2.34. The minimum atomic E-state index is -1.09. The lowest BCUT2D eigenvalue weighted by molar-refractivity contribution is -0.139. The first-order chi connectivity index (χ1) is 13.3. The normalized spacial score (nSPS) is 16.5. The van der Waals surface area contributed by atoms with Gasteiger partial charge in [-0.15, -0.1) is 0 Å². The summed E-state index contributed by atoms with van der Waals surface area (Å²) in [5, 5.41) is 8.43. The highest BCUT2D eigenvalue weighted by Gasteiger charge is 2.39. The molecule has 1 unspecified atom stereocenters. The Kier molecular flexibility index (Phi) is 6.64. The van der Waals surface area contributed by atoms with Gasteiger partial charge in [-0.2, -0.15) is 0 Å². The SMILES string of the molecule is O=C(O)COc1ccc(Br)cc1CC1SC(=O)N(Cc2cccc(Cl)c2)C1=O. The van der Waals surface area contributed by atoms with E-state index in [4.69, 9.17) is 21.4 Å². The number of rotatable bonds is 7. The van der Waals surface area contributed by atoms with Crippen molar-refractivity contribution in [1.29, 1.82) is 0 Å². The summed E-state index contributed by atoms with van der Waals surface area (Å²) in [4.78, 5) is 37.1. The van der Waals surface area contributed by atoms with Crippen molar-refractivity contribution < 1.29 is 24.2 Å². The monoisotopic (exact) mass is 483 g/mol. The summed E-state index contributed by atoms with van der Waals surface area (Å²) < 4.78 is 6.07. The van der Waals surface area contributed by atoms with Gasteiger partial charge in [-0.1, -0.05) is 51.4 Å². The van der Waals surface area contributed by atoms with Gasteiger partial charge in [0.05, 0.1) is 11.8 Å². The highest BCUT2D eigenvalue weighted by molar-refractivity contribution is 9.10. The second-order valence-corrected chi connectivity index (χ2v) is 8.57. The van der Waals surface area contributed by atoms with E-state index in [-0.39, 0.29) is 24.1 Å². The minimum Gasteiger partial charge on any atom is -0.482 e. The van der Waals surface area contributed by atoms with Gasteiger partial charge in [-0.25, -0.2) is 4.79 Å². The van der Waals surface area contributed by atoms with Gasteiger partial charge < -0.3 is 9.84 Å². The second-order valence-electron chi connectivity index (χ2n) is 6.07. The number of benzene rings is 2. The van der Waals surface area contributed by atoms with Crippen LogP contribution in [-0.4, -0.2) is 39.0 Å². The Morgan fingerprint density at radius 3 is 2.75 bits per heavy atom. The molecule has 1 aliphatic rings. The number of carbonyl (C=O) groups is 3. The molecule has 28 heavy (non-hydrogen) atoms. The Labute approximate surface area is 178 Å². The van der Waals surface area contributed by atoms with Crippen LogP contribution in [0.2, 0.25) is 5.02 Å². The van der Waals surface area contributed by atoms with Gasteiger partial charge in [-0.3, -0.25) is 14.5 Å². The molecule has 1 aliphatic heterocycles. The van der Waals surface area contributed by atoms with Crippen molar-refractivity contribution in [2.75, 3.05) is 6.61 Å². The first-order valence-electron chi connectivity index (χ1n) is 8.23. The first kappa shape index (κ1) is 20.7. The van der Waals surface area contributed by atoms with Gasteiger partial charge in [0.1, 0.15) is 5.75 Å². The molecule has 1 saturated heterocycles. The zero-order valence-corrected chi connectivity index (χ0v) is 17.6. The maximum absolute atomic E-state index is 12.8. The third-order valence-corrected chi connectivity index (χ3v) is 5.82. The summed E-state index contributed by atoms with van der Waals surface area (Å²) >= 11 is 10.3. The molecule has 2 aromatic carbocycles. The molecule has 0 spiro atoms. The summed E-state index contributed by atoms with van der Waals surface area (Å²) in [5.74, 6) is -1.01. The van der Waals surface area contributed by atoms with Gasteiger partial charge in [0.2, 0.25) is 5.91 Å². The minimum absolute atomic E-state index is 0.155.